The van der Waals surface area contributed by atoms with Crippen LogP contribution in [0.2, 0.25) is 0 Å². The molecule has 6 heteroatoms. The molecule has 3 aromatic rings. The molecule has 0 saturated carbocycles. The van der Waals surface area contributed by atoms with E-state index < -0.39 is 0 Å². The van der Waals surface area contributed by atoms with E-state index in [9.17, 15) is 0 Å². The van der Waals surface area contributed by atoms with Crippen LogP contribution in [0.4, 0.5) is 10.8 Å². The minimum absolute atomic E-state index is 0.562. The van der Waals surface area contributed by atoms with E-state index in [2.05, 4.69) is 65.0 Å². The van der Waals surface area contributed by atoms with Gasteiger partial charge in [0.05, 0.1) is 15.9 Å². The molecule has 1 aromatic heterocycles. The van der Waals surface area contributed by atoms with Gasteiger partial charge in [0.1, 0.15) is 0 Å². The molecule has 1 aliphatic rings. The van der Waals surface area contributed by atoms with Gasteiger partial charge in [0.15, 0.2) is 10.3 Å². The van der Waals surface area contributed by atoms with Crippen molar-refractivity contribution in [3.63, 3.8) is 0 Å². The van der Waals surface area contributed by atoms with Crippen molar-refractivity contribution in [1.82, 2.24) is 10.3 Å². The van der Waals surface area contributed by atoms with Gasteiger partial charge in [-0.2, -0.15) is 0 Å². The van der Waals surface area contributed by atoms with Crippen molar-refractivity contribution in [2.24, 2.45) is 4.99 Å². The summed E-state index contributed by atoms with van der Waals surface area (Å²) in [5.41, 5.74) is 3.38. The fourth-order valence-electron chi connectivity index (χ4n) is 2.84. The molecule has 0 unspecified atom stereocenters. The van der Waals surface area contributed by atoms with E-state index in [0.29, 0.717) is 6.04 Å². The Morgan fingerprint density at radius 3 is 2.81 bits per heavy atom. The van der Waals surface area contributed by atoms with Crippen LogP contribution >= 0.6 is 23.1 Å². The predicted molar refractivity (Wildman–Crippen MR) is 115 cm³/mol. The number of fused-ring (bicyclic) bond motifs is 1. The number of benzene rings is 2. The Bertz CT molecular complexity index is 869. The summed E-state index contributed by atoms with van der Waals surface area (Å²) in [5.74, 6) is 1.12. The molecule has 0 aliphatic carbocycles. The van der Waals surface area contributed by atoms with Crippen LogP contribution in [0.5, 0.6) is 0 Å². The number of thioether (sulfide) groups is 1. The minimum Gasteiger partial charge on any atom is -0.361 e. The molecule has 4 nitrogen and oxygen atoms in total. The van der Waals surface area contributed by atoms with Crippen molar-refractivity contribution >= 4 is 49.3 Å². The summed E-state index contributed by atoms with van der Waals surface area (Å²) in [6.07, 6.45) is 2.12. The van der Waals surface area contributed by atoms with Crippen LogP contribution in [0.1, 0.15) is 18.9 Å². The SMILES string of the molecule is CC[C@@H]1CS/C(=N\c2ccc(CCNc3nc4ccccc4s3)cc2)N1. The summed E-state index contributed by atoms with van der Waals surface area (Å²) in [7, 11) is 0. The third-order valence-electron chi connectivity index (χ3n) is 4.39. The lowest BCUT2D eigenvalue weighted by molar-refractivity contribution is 0.668. The van der Waals surface area contributed by atoms with Crippen molar-refractivity contribution in [3.8, 4) is 0 Å². The Morgan fingerprint density at radius 1 is 1.19 bits per heavy atom. The van der Waals surface area contributed by atoms with Gasteiger partial charge in [-0.25, -0.2) is 9.98 Å². The highest BCUT2D eigenvalue weighted by molar-refractivity contribution is 8.14. The molecule has 2 heterocycles. The molecule has 2 N–H and O–H groups in total. The van der Waals surface area contributed by atoms with Crippen LogP contribution in [0.15, 0.2) is 53.5 Å². The minimum atomic E-state index is 0.562. The van der Waals surface area contributed by atoms with Gasteiger partial charge < -0.3 is 10.6 Å². The largest absolute Gasteiger partial charge is 0.361 e. The fraction of sp³-hybridized carbons (Fsp3) is 0.300. The van der Waals surface area contributed by atoms with Gasteiger partial charge in [-0.15, -0.1) is 0 Å². The molecule has 0 radical (unpaired) electrons. The summed E-state index contributed by atoms with van der Waals surface area (Å²) in [5, 5.41) is 8.93. The first-order valence-electron chi connectivity index (χ1n) is 8.96. The topological polar surface area (TPSA) is 49.3 Å². The van der Waals surface area contributed by atoms with Gasteiger partial charge in [-0.05, 0) is 42.7 Å². The highest BCUT2D eigenvalue weighted by Crippen LogP contribution is 2.25. The van der Waals surface area contributed by atoms with Crippen LogP contribution in [-0.2, 0) is 6.42 Å². The van der Waals surface area contributed by atoms with Crippen molar-refractivity contribution < 1.29 is 0 Å². The Kier molecular flexibility index (Phi) is 5.41. The molecule has 0 amide bonds. The molecule has 1 aliphatic heterocycles. The Labute approximate surface area is 162 Å². The lowest BCUT2D eigenvalue weighted by atomic mass is 10.1. The number of amidine groups is 1. The van der Waals surface area contributed by atoms with Crippen molar-refractivity contribution in [2.45, 2.75) is 25.8 Å². The molecule has 0 bridgehead atoms. The molecular weight excluding hydrogens is 360 g/mol. The first kappa shape index (κ1) is 17.4. The second-order valence-corrected chi connectivity index (χ2v) is 8.35. The summed E-state index contributed by atoms with van der Waals surface area (Å²) < 4.78 is 1.22. The number of rotatable bonds is 6. The normalized spacial score (nSPS) is 18.3. The molecule has 1 fully saturated rings. The number of hydrogen-bond acceptors (Lipinski definition) is 5. The van der Waals surface area contributed by atoms with Crippen molar-refractivity contribution in [2.75, 3.05) is 17.6 Å². The van der Waals surface area contributed by atoms with E-state index in [0.717, 1.165) is 46.6 Å². The van der Waals surface area contributed by atoms with E-state index in [1.54, 1.807) is 11.3 Å². The molecule has 26 heavy (non-hydrogen) atoms. The highest BCUT2D eigenvalue weighted by Gasteiger charge is 2.17. The van der Waals surface area contributed by atoms with Crippen LogP contribution < -0.4 is 10.6 Å². The van der Waals surface area contributed by atoms with Crippen molar-refractivity contribution in [1.29, 1.82) is 0 Å². The molecule has 1 saturated heterocycles. The quantitative estimate of drug-likeness (QED) is 0.626. The summed E-state index contributed by atoms with van der Waals surface area (Å²) in [6.45, 7) is 3.08. The number of para-hydroxylation sites is 1. The second kappa shape index (κ2) is 8.10. The number of anilines is 1. The lowest BCUT2D eigenvalue weighted by Crippen LogP contribution is -2.25. The first-order chi connectivity index (χ1) is 12.8. The van der Waals surface area contributed by atoms with Gasteiger partial charge in [-0.3, -0.25) is 0 Å². The van der Waals surface area contributed by atoms with E-state index in [1.165, 1.54) is 10.3 Å². The monoisotopic (exact) mass is 382 g/mol. The molecule has 134 valence electrons. The lowest BCUT2D eigenvalue weighted by Gasteiger charge is -2.05. The zero-order chi connectivity index (χ0) is 17.8. The van der Waals surface area contributed by atoms with Gasteiger partial charge in [0, 0.05) is 18.3 Å². The number of thiazole rings is 1. The van der Waals surface area contributed by atoms with Gasteiger partial charge in [-0.1, -0.05) is 54.3 Å². The smallest absolute Gasteiger partial charge is 0.183 e. The van der Waals surface area contributed by atoms with Gasteiger partial charge >= 0.3 is 0 Å². The zero-order valence-electron chi connectivity index (χ0n) is 14.7. The zero-order valence-corrected chi connectivity index (χ0v) is 16.4. The molecule has 4 rings (SSSR count). The Morgan fingerprint density at radius 2 is 2.04 bits per heavy atom. The highest BCUT2D eigenvalue weighted by atomic mass is 32.2. The first-order valence-corrected chi connectivity index (χ1v) is 10.8. The Balaban J connectivity index is 1.31. The van der Waals surface area contributed by atoms with Crippen LogP contribution in [-0.4, -0.2) is 28.5 Å². The van der Waals surface area contributed by atoms with Gasteiger partial charge in [0.25, 0.3) is 0 Å². The third kappa shape index (κ3) is 4.19. The Hall–Kier alpha value is -2.05. The van der Waals surface area contributed by atoms with E-state index in [4.69, 9.17) is 4.99 Å². The van der Waals surface area contributed by atoms with E-state index >= 15 is 0 Å². The summed E-state index contributed by atoms with van der Waals surface area (Å²) >= 11 is 3.52. The number of nitrogens with zero attached hydrogens (tertiary/aromatic N) is 2. The van der Waals surface area contributed by atoms with Crippen LogP contribution in [0.3, 0.4) is 0 Å². The maximum Gasteiger partial charge on any atom is 0.183 e. The standard InChI is InChI=1S/C20H22N4S2/c1-2-15-13-25-20(22-15)23-16-9-7-14(8-10-16)11-12-21-19-24-17-5-3-4-6-18(17)26-19/h3-10,15H,2,11-13H2,1H3,(H,21,24)(H,22,23)/t15-/m1/s1. The summed E-state index contributed by atoms with van der Waals surface area (Å²) in [6, 6.07) is 17.3. The van der Waals surface area contributed by atoms with Gasteiger partial charge in [0.2, 0.25) is 0 Å². The molecule has 1 atom stereocenters. The number of aliphatic imine (C=N–C) groups is 1. The second-order valence-electron chi connectivity index (χ2n) is 6.31. The van der Waals surface area contributed by atoms with Crippen LogP contribution in [0.25, 0.3) is 10.2 Å². The third-order valence-corrected chi connectivity index (χ3v) is 6.44. The van der Waals surface area contributed by atoms with E-state index in [1.807, 2.05) is 17.8 Å². The molecule has 2 aromatic carbocycles. The number of nitrogens with one attached hydrogen (secondary N) is 2. The average molecular weight is 383 g/mol. The predicted octanol–water partition coefficient (Wildman–Crippen LogP) is 5.05. The summed E-state index contributed by atoms with van der Waals surface area (Å²) in [4.78, 5) is 9.30. The fourth-order valence-corrected chi connectivity index (χ4v) is 4.83. The van der Waals surface area contributed by atoms with Crippen molar-refractivity contribution in [3.05, 3.63) is 54.1 Å². The average Bonchev–Trinajstić information content (AvgIpc) is 3.29. The molecule has 0 spiro atoms. The maximum absolute atomic E-state index is 4.69. The maximum atomic E-state index is 4.69. The number of hydrogen-bond donors (Lipinski definition) is 2. The van der Waals surface area contributed by atoms with E-state index in [-0.39, 0.29) is 0 Å². The van der Waals surface area contributed by atoms with Crippen LogP contribution in [0, 0.1) is 0 Å². The number of aromatic nitrogens is 1. The molecular formula is C20H22N4S2.